The number of fused-ring (bicyclic) bond motifs is 7. The Hall–Kier alpha value is -3.51. The molecule has 4 aromatic rings. The second-order valence-electron chi connectivity index (χ2n) is 8.33. The maximum Gasteiger partial charge on any atom is 0.231 e. The van der Waals surface area contributed by atoms with E-state index < -0.39 is 0 Å². The molecule has 0 radical (unpaired) electrons. The van der Waals surface area contributed by atoms with Gasteiger partial charge in [0.25, 0.3) is 0 Å². The lowest BCUT2D eigenvalue weighted by Gasteiger charge is -2.20. The lowest BCUT2D eigenvalue weighted by atomic mass is 9.88. The number of nitrogens with zero attached hydrogens (tertiary/aromatic N) is 1. The van der Waals surface area contributed by atoms with Gasteiger partial charge in [-0.05, 0) is 47.5 Å². The Bertz CT molecular complexity index is 1420. The number of halogens is 2. The van der Waals surface area contributed by atoms with Crippen LogP contribution in [0.1, 0.15) is 16.7 Å². The molecule has 0 unspecified atom stereocenters. The maximum absolute atomic E-state index is 13.6. The summed E-state index contributed by atoms with van der Waals surface area (Å²) >= 11 is 0. The van der Waals surface area contributed by atoms with Gasteiger partial charge in [0.1, 0.15) is 5.82 Å². The lowest BCUT2D eigenvalue weighted by molar-refractivity contribution is -0.686. The Kier molecular flexibility index (Phi) is 4.59. The molecule has 0 spiro atoms. The molecule has 3 aromatic carbocycles. The third-order valence-electron chi connectivity index (χ3n) is 6.53. The molecule has 4 heterocycles. The molecule has 0 amide bonds. The quantitative estimate of drug-likeness (QED) is 0.423. The van der Waals surface area contributed by atoms with Gasteiger partial charge >= 0.3 is 0 Å². The van der Waals surface area contributed by atoms with Crippen LogP contribution >= 0.6 is 0 Å². The second-order valence-corrected chi connectivity index (χ2v) is 8.33. The fourth-order valence-corrected chi connectivity index (χ4v) is 5.04. The van der Waals surface area contributed by atoms with E-state index >= 15 is 0 Å². The molecule has 33 heavy (non-hydrogen) atoms. The van der Waals surface area contributed by atoms with Gasteiger partial charge in [-0.25, -0.2) is 4.39 Å². The Morgan fingerprint density at radius 1 is 0.818 bits per heavy atom. The van der Waals surface area contributed by atoms with E-state index in [-0.39, 0.29) is 31.8 Å². The van der Waals surface area contributed by atoms with Crippen LogP contribution in [0.5, 0.6) is 23.0 Å². The first-order valence-electron chi connectivity index (χ1n) is 10.7. The summed E-state index contributed by atoms with van der Waals surface area (Å²) in [6, 6.07) is 15.0. The van der Waals surface area contributed by atoms with Gasteiger partial charge in [-0.1, -0.05) is 12.1 Å². The summed E-state index contributed by atoms with van der Waals surface area (Å²) in [5.74, 6) is 2.90. The van der Waals surface area contributed by atoms with Crippen molar-refractivity contribution in [1.82, 2.24) is 0 Å². The average Bonchev–Trinajstić information content (AvgIpc) is 3.47. The van der Waals surface area contributed by atoms with Gasteiger partial charge in [0, 0.05) is 23.8 Å². The zero-order valence-corrected chi connectivity index (χ0v) is 18.3. The third-order valence-corrected chi connectivity index (χ3v) is 6.53. The standard InChI is InChI=1S/C26H19FNO4.ClH/c27-17-3-1-15(2-4-17)9-20-18-5-6-22-26(32-14-29-22)21(18)12-28-8-7-16-10-23-24(31-13-30-23)11-19(16)25(20)28;/h1-6,10-12H,7-9,13-14H2;1H/q+1;/p-1. The Balaban J connectivity index is 0.00000206. The van der Waals surface area contributed by atoms with Crippen LogP contribution in [0.15, 0.2) is 54.7 Å². The summed E-state index contributed by atoms with van der Waals surface area (Å²) in [5.41, 5.74) is 5.77. The van der Waals surface area contributed by atoms with Crippen molar-refractivity contribution in [2.24, 2.45) is 0 Å². The fraction of sp³-hybridized carbons (Fsp3) is 0.192. The number of hydrogen-bond donors (Lipinski definition) is 0. The summed E-state index contributed by atoms with van der Waals surface area (Å²) in [6.45, 7) is 1.33. The van der Waals surface area contributed by atoms with E-state index in [2.05, 4.69) is 29.0 Å². The molecule has 3 aliphatic heterocycles. The topological polar surface area (TPSA) is 40.8 Å². The molecule has 0 aliphatic carbocycles. The minimum absolute atomic E-state index is 0. The number of benzene rings is 3. The molecular formula is C26H19ClFNO4. The molecule has 0 atom stereocenters. The van der Waals surface area contributed by atoms with Gasteiger partial charge in [-0.3, -0.25) is 0 Å². The minimum Gasteiger partial charge on any atom is -1.00 e. The smallest absolute Gasteiger partial charge is 0.231 e. The number of aromatic nitrogens is 1. The number of hydrogen-bond acceptors (Lipinski definition) is 4. The molecule has 0 saturated heterocycles. The summed E-state index contributed by atoms with van der Waals surface area (Å²) in [6.07, 6.45) is 3.73. The van der Waals surface area contributed by atoms with Crippen LogP contribution < -0.4 is 35.9 Å². The monoisotopic (exact) mass is 463 g/mol. The van der Waals surface area contributed by atoms with Crippen LogP contribution in [0.25, 0.3) is 22.0 Å². The van der Waals surface area contributed by atoms with E-state index in [1.165, 1.54) is 23.3 Å². The van der Waals surface area contributed by atoms with Crippen molar-refractivity contribution >= 4 is 10.8 Å². The molecule has 0 saturated carbocycles. The van der Waals surface area contributed by atoms with E-state index in [1.54, 1.807) is 0 Å². The van der Waals surface area contributed by atoms with E-state index in [4.69, 9.17) is 18.9 Å². The predicted molar refractivity (Wildman–Crippen MR) is 115 cm³/mol. The summed E-state index contributed by atoms with van der Waals surface area (Å²) in [7, 11) is 0. The first-order chi connectivity index (χ1) is 15.7. The number of rotatable bonds is 2. The van der Waals surface area contributed by atoms with Gasteiger partial charge in [0.15, 0.2) is 35.7 Å². The average molecular weight is 464 g/mol. The van der Waals surface area contributed by atoms with Crippen molar-refractivity contribution in [3.8, 4) is 34.3 Å². The Morgan fingerprint density at radius 3 is 2.42 bits per heavy atom. The highest BCUT2D eigenvalue weighted by atomic mass is 35.5. The van der Waals surface area contributed by atoms with E-state index in [0.29, 0.717) is 6.42 Å². The molecule has 3 aliphatic rings. The Morgan fingerprint density at radius 2 is 1.58 bits per heavy atom. The van der Waals surface area contributed by atoms with Crippen LogP contribution in [0.4, 0.5) is 4.39 Å². The zero-order valence-electron chi connectivity index (χ0n) is 17.6. The predicted octanol–water partition coefficient (Wildman–Crippen LogP) is 1.54. The summed E-state index contributed by atoms with van der Waals surface area (Å²) in [5, 5.41) is 2.14. The molecule has 0 fully saturated rings. The summed E-state index contributed by atoms with van der Waals surface area (Å²) < 4.78 is 38.6. The molecular weight excluding hydrogens is 445 g/mol. The van der Waals surface area contributed by atoms with Gasteiger partial charge in [-0.2, -0.15) is 4.57 Å². The van der Waals surface area contributed by atoms with Crippen molar-refractivity contribution < 1.29 is 40.3 Å². The molecule has 7 heteroatoms. The van der Waals surface area contributed by atoms with Crippen molar-refractivity contribution in [3.05, 3.63) is 77.2 Å². The van der Waals surface area contributed by atoms with Crippen LogP contribution in [0, 0.1) is 5.82 Å². The van der Waals surface area contributed by atoms with Gasteiger partial charge < -0.3 is 31.4 Å². The molecule has 1 aromatic heterocycles. The van der Waals surface area contributed by atoms with Gasteiger partial charge in [0.2, 0.25) is 19.3 Å². The second kappa shape index (κ2) is 7.52. The SMILES string of the molecule is Fc1ccc(Cc2c3[n+](cc4c5c(ccc24)OCO5)CCc2cc4c(cc2-3)OCO4)cc1.[Cl-]. The van der Waals surface area contributed by atoms with Crippen LogP contribution in [-0.2, 0) is 19.4 Å². The van der Waals surface area contributed by atoms with Gasteiger partial charge in [0.05, 0.1) is 10.9 Å². The first-order valence-corrected chi connectivity index (χ1v) is 10.7. The Labute approximate surface area is 195 Å². The lowest BCUT2D eigenvalue weighted by Crippen LogP contribution is -3.00. The molecule has 5 nitrogen and oxygen atoms in total. The normalized spacial score (nSPS) is 14.6. The fourth-order valence-electron chi connectivity index (χ4n) is 5.04. The molecule has 7 rings (SSSR count). The molecule has 0 N–H and O–H groups in total. The maximum atomic E-state index is 13.6. The zero-order chi connectivity index (χ0) is 21.2. The summed E-state index contributed by atoms with van der Waals surface area (Å²) in [4.78, 5) is 0. The number of aryl methyl sites for hydroxylation is 2. The largest absolute Gasteiger partial charge is 1.00 e. The van der Waals surface area contributed by atoms with Crippen LogP contribution in [0.2, 0.25) is 0 Å². The molecule has 166 valence electrons. The van der Waals surface area contributed by atoms with Crippen LogP contribution in [0.3, 0.4) is 0 Å². The molecule has 0 bridgehead atoms. The minimum atomic E-state index is -0.232. The van der Waals surface area contributed by atoms with Gasteiger partial charge in [-0.15, -0.1) is 0 Å². The van der Waals surface area contributed by atoms with E-state index in [9.17, 15) is 4.39 Å². The highest BCUT2D eigenvalue weighted by Gasteiger charge is 2.33. The van der Waals surface area contributed by atoms with Crippen LogP contribution in [-0.4, -0.2) is 13.6 Å². The van der Waals surface area contributed by atoms with E-state index in [0.717, 1.165) is 63.6 Å². The highest BCUT2D eigenvalue weighted by Crippen LogP contribution is 2.45. The first kappa shape index (κ1) is 20.1. The highest BCUT2D eigenvalue weighted by molar-refractivity contribution is 5.95. The third kappa shape index (κ3) is 3.09. The van der Waals surface area contributed by atoms with Crippen molar-refractivity contribution in [1.29, 1.82) is 0 Å². The number of ether oxygens (including phenoxy) is 4. The van der Waals surface area contributed by atoms with Crippen molar-refractivity contribution in [3.63, 3.8) is 0 Å². The number of pyridine rings is 1. The van der Waals surface area contributed by atoms with E-state index in [1.807, 2.05) is 18.2 Å². The van der Waals surface area contributed by atoms with Crippen molar-refractivity contribution in [2.75, 3.05) is 13.6 Å². The van der Waals surface area contributed by atoms with Crippen molar-refractivity contribution in [2.45, 2.75) is 19.4 Å².